The summed E-state index contributed by atoms with van der Waals surface area (Å²) in [7, 11) is 0. The number of allylic oxidation sites excluding steroid dienone is 6. The summed E-state index contributed by atoms with van der Waals surface area (Å²) in [5.74, 6) is -0.409. The number of anilines is 2. The molecule has 0 radical (unpaired) electrons. The van der Waals surface area contributed by atoms with Gasteiger partial charge in [0.25, 0.3) is 0 Å². The van der Waals surface area contributed by atoms with E-state index in [-0.39, 0.29) is 34.2 Å². The number of ketones is 2. The number of unbranched alkanes of at least 4 members (excludes halogenated alkanes) is 4. The number of carbonyl (C=O) groups excluding carboxylic acids is 2. The van der Waals surface area contributed by atoms with E-state index >= 15 is 0 Å². The molecule has 3 aromatic carbocycles. The number of benzene rings is 3. The molecule has 2 aliphatic carbocycles. The minimum Gasteiger partial charge on any atom is -0.506 e. The van der Waals surface area contributed by atoms with Crippen molar-refractivity contribution in [2.45, 2.75) is 118 Å². The SMILES string of the molecule is CCCCN(CCCC)c1ccc(C2=C(O)/C(=C/C3=Nc4c(ccc5c4C(C)(C)C(/C=C4/C(=O)C(c6ccc(N(CCCC)CCCC)cc6)=C4O)=N5)C3(C)C)C2=O)cc1. The number of carbonyl (C=O) groups is 2. The molecule has 0 aromatic heterocycles. The standard InChI is InChI=1S/C52H62N4O4/c1-9-13-27-55(28-14-10-2)35-21-17-33(18-22-35)43-47(57)37(48(43)58)31-41-51(5,6)39-25-26-40-45(46(39)54-41)52(7,8)42(53-40)32-38-49(59)44(50(38)60)34-19-23-36(24-20-34)56(29-15-11-3)30-16-12-4/h17-26,31-32,57,59H,9-16,27-30H2,1-8H3/b37-31-,38-32+. The van der Waals surface area contributed by atoms with Gasteiger partial charge in [0.1, 0.15) is 11.5 Å². The number of rotatable bonds is 18. The Morgan fingerprint density at radius 2 is 0.950 bits per heavy atom. The third kappa shape index (κ3) is 7.58. The number of aliphatic imine (C=N–C) groups is 2. The highest BCUT2D eigenvalue weighted by atomic mass is 16.3. The van der Waals surface area contributed by atoms with Crippen LogP contribution in [0.15, 0.2) is 105 Å². The Bertz CT molecular complexity index is 2350. The first-order valence-electron chi connectivity index (χ1n) is 22.2. The summed E-state index contributed by atoms with van der Waals surface area (Å²) in [6, 6.07) is 20.0. The van der Waals surface area contributed by atoms with E-state index in [2.05, 4.69) is 89.5 Å². The van der Waals surface area contributed by atoms with Crippen molar-refractivity contribution in [2.24, 2.45) is 9.98 Å². The molecule has 0 bridgehead atoms. The van der Waals surface area contributed by atoms with Gasteiger partial charge < -0.3 is 20.0 Å². The van der Waals surface area contributed by atoms with Gasteiger partial charge in [-0.3, -0.25) is 19.6 Å². The molecule has 314 valence electrons. The van der Waals surface area contributed by atoms with Crippen molar-refractivity contribution in [3.63, 3.8) is 0 Å². The van der Waals surface area contributed by atoms with Crippen LogP contribution in [0.3, 0.4) is 0 Å². The Kier molecular flexibility index (Phi) is 12.2. The van der Waals surface area contributed by atoms with Crippen molar-refractivity contribution in [1.29, 1.82) is 0 Å². The highest BCUT2D eigenvalue weighted by Gasteiger charge is 2.45. The van der Waals surface area contributed by atoms with E-state index in [1.165, 1.54) is 0 Å². The first-order valence-corrected chi connectivity index (χ1v) is 22.2. The Balaban J connectivity index is 1.12. The van der Waals surface area contributed by atoms with Crippen LogP contribution in [0.2, 0.25) is 0 Å². The average molecular weight is 807 g/mol. The normalized spacial score (nSPS) is 18.7. The molecule has 0 saturated heterocycles. The number of Topliss-reactive ketones (excluding diaryl/α,β-unsaturated/α-hetero) is 2. The second-order valence-electron chi connectivity index (χ2n) is 17.8. The summed E-state index contributed by atoms with van der Waals surface area (Å²) >= 11 is 0. The van der Waals surface area contributed by atoms with E-state index in [1.54, 1.807) is 12.2 Å². The van der Waals surface area contributed by atoms with Crippen molar-refractivity contribution in [3.8, 4) is 0 Å². The van der Waals surface area contributed by atoms with Gasteiger partial charge in [-0.25, -0.2) is 0 Å². The van der Waals surface area contributed by atoms with Crippen LogP contribution in [-0.2, 0) is 20.4 Å². The Labute approximate surface area is 356 Å². The second-order valence-corrected chi connectivity index (χ2v) is 17.8. The largest absolute Gasteiger partial charge is 0.506 e. The van der Waals surface area contributed by atoms with Crippen LogP contribution < -0.4 is 9.80 Å². The van der Waals surface area contributed by atoms with Gasteiger partial charge in [0, 0.05) is 53.9 Å². The molecule has 0 unspecified atom stereocenters. The van der Waals surface area contributed by atoms with Gasteiger partial charge in [-0.1, -0.05) is 97.6 Å². The second kappa shape index (κ2) is 17.2. The van der Waals surface area contributed by atoms with E-state index < -0.39 is 10.8 Å². The van der Waals surface area contributed by atoms with Gasteiger partial charge >= 0.3 is 0 Å². The number of aliphatic hydroxyl groups is 2. The van der Waals surface area contributed by atoms with Crippen molar-refractivity contribution < 1.29 is 19.8 Å². The molecule has 0 fully saturated rings. The van der Waals surface area contributed by atoms with Gasteiger partial charge in [0.05, 0.1) is 45.1 Å². The maximum absolute atomic E-state index is 13.7. The fourth-order valence-electron chi connectivity index (χ4n) is 8.87. The lowest BCUT2D eigenvalue weighted by Crippen LogP contribution is -2.29. The Morgan fingerprint density at radius 3 is 1.33 bits per heavy atom. The highest BCUT2D eigenvalue weighted by molar-refractivity contribution is 6.41. The maximum Gasteiger partial charge on any atom is 0.201 e. The molecule has 2 aliphatic heterocycles. The van der Waals surface area contributed by atoms with Gasteiger partial charge in [0.15, 0.2) is 0 Å². The van der Waals surface area contributed by atoms with Crippen LogP contribution in [0.5, 0.6) is 0 Å². The molecule has 3 aromatic rings. The smallest absolute Gasteiger partial charge is 0.201 e. The topological polar surface area (TPSA) is 106 Å². The van der Waals surface area contributed by atoms with Gasteiger partial charge in [-0.15, -0.1) is 0 Å². The predicted octanol–water partition coefficient (Wildman–Crippen LogP) is 12.2. The monoisotopic (exact) mass is 806 g/mol. The molecule has 8 heteroatoms. The average Bonchev–Trinajstić information content (AvgIpc) is 3.66. The Morgan fingerprint density at radius 1 is 0.550 bits per heavy atom. The minimum atomic E-state index is -0.634. The van der Waals surface area contributed by atoms with Crippen LogP contribution in [0.1, 0.15) is 129 Å². The van der Waals surface area contributed by atoms with Crippen molar-refractivity contribution in [1.82, 2.24) is 0 Å². The lowest BCUT2D eigenvalue weighted by Gasteiger charge is -2.27. The van der Waals surface area contributed by atoms with Crippen LogP contribution >= 0.6 is 0 Å². The van der Waals surface area contributed by atoms with Gasteiger partial charge in [0.2, 0.25) is 11.6 Å². The number of fused-ring (bicyclic) bond motifs is 3. The van der Waals surface area contributed by atoms with E-state index in [9.17, 15) is 19.8 Å². The van der Waals surface area contributed by atoms with Crippen molar-refractivity contribution in [2.75, 3.05) is 36.0 Å². The molecule has 4 aliphatic rings. The zero-order chi connectivity index (χ0) is 42.9. The van der Waals surface area contributed by atoms with Gasteiger partial charge in [-0.2, -0.15) is 0 Å². The van der Waals surface area contributed by atoms with E-state index in [4.69, 9.17) is 9.98 Å². The summed E-state index contributed by atoms with van der Waals surface area (Å²) in [6.45, 7) is 21.1. The Hall–Kier alpha value is -5.50. The van der Waals surface area contributed by atoms with Crippen LogP contribution in [0, 0.1) is 0 Å². The summed E-state index contributed by atoms with van der Waals surface area (Å²) in [5.41, 5.74) is 8.53. The molecule has 0 atom stereocenters. The molecular weight excluding hydrogens is 745 g/mol. The first-order chi connectivity index (χ1) is 28.8. The zero-order valence-corrected chi connectivity index (χ0v) is 36.9. The molecule has 0 spiro atoms. The molecular formula is C52H62N4O4. The number of hydrogen-bond donors (Lipinski definition) is 2. The third-order valence-corrected chi connectivity index (χ3v) is 12.9. The first kappa shape index (κ1) is 42.6. The van der Waals surface area contributed by atoms with E-state index in [1.807, 2.05) is 36.4 Å². The number of aliphatic hydroxyl groups excluding tert-OH is 2. The number of hydrogen-bond acceptors (Lipinski definition) is 8. The third-order valence-electron chi connectivity index (χ3n) is 12.9. The molecule has 2 heterocycles. The summed E-state index contributed by atoms with van der Waals surface area (Å²) in [6.07, 6.45) is 12.5. The van der Waals surface area contributed by atoms with Crippen molar-refractivity contribution >= 4 is 56.9 Å². The molecule has 60 heavy (non-hydrogen) atoms. The highest BCUT2D eigenvalue weighted by Crippen LogP contribution is 2.54. The quantitative estimate of drug-likeness (QED) is 0.124. The fraction of sp³-hybridized carbons (Fsp3) is 0.423. The lowest BCUT2D eigenvalue weighted by atomic mass is 9.74. The van der Waals surface area contributed by atoms with Crippen LogP contribution in [-0.4, -0.2) is 59.4 Å². The fourth-order valence-corrected chi connectivity index (χ4v) is 8.87. The molecule has 8 nitrogen and oxygen atoms in total. The van der Waals surface area contributed by atoms with Crippen LogP contribution in [0.25, 0.3) is 11.1 Å². The zero-order valence-electron chi connectivity index (χ0n) is 36.9. The summed E-state index contributed by atoms with van der Waals surface area (Å²) < 4.78 is 0. The molecule has 0 saturated carbocycles. The minimum absolute atomic E-state index is 0.00640. The van der Waals surface area contributed by atoms with E-state index in [0.717, 1.165) is 111 Å². The molecule has 7 rings (SSSR count). The summed E-state index contributed by atoms with van der Waals surface area (Å²) in [5, 5.41) is 22.6. The van der Waals surface area contributed by atoms with E-state index in [0.29, 0.717) is 33.7 Å². The lowest BCUT2D eigenvalue weighted by molar-refractivity contribution is -0.112. The molecule has 2 N–H and O–H groups in total. The number of nitrogens with zero attached hydrogens (tertiary/aromatic N) is 4. The van der Waals surface area contributed by atoms with Gasteiger partial charge in [-0.05, 0) is 98.7 Å². The maximum atomic E-state index is 13.7. The van der Waals surface area contributed by atoms with Crippen LogP contribution in [0.4, 0.5) is 22.7 Å². The summed E-state index contributed by atoms with van der Waals surface area (Å²) in [4.78, 5) is 42.2. The molecule has 0 amide bonds. The van der Waals surface area contributed by atoms with Crippen molar-refractivity contribution in [3.05, 3.63) is 118 Å². The predicted molar refractivity (Wildman–Crippen MR) is 249 cm³/mol.